The lowest BCUT2D eigenvalue weighted by Gasteiger charge is -2.11. The van der Waals surface area contributed by atoms with Gasteiger partial charge in [0.1, 0.15) is 5.78 Å². The molecule has 1 atom stereocenters. The van der Waals surface area contributed by atoms with Gasteiger partial charge in [-0.25, -0.2) is 8.42 Å². The molecular weight excluding hydrogens is 305 g/mol. The number of ketones is 1. The van der Waals surface area contributed by atoms with Crippen molar-refractivity contribution < 1.29 is 26.4 Å². The van der Waals surface area contributed by atoms with Crippen molar-refractivity contribution >= 4 is 15.6 Å². The second-order valence-corrected chi connectivity index (χ2v) is 7.30. The molecule has 0 N–H and O–H groups in total. The number of hydrogen-bond acceptors (Lipinski definition) is 3. The van der Waals surface area contributed by atoms with Gasteiger partial charge < -0.3 is 0 Å². The quantitative estimate of drug-likeness (QED) is 0.856. The highest BCUT2D eigenvalue weighted by molar-refractivity contribution is 7.91. The largest absolute Gasteiger partial charge is 0.416 e. The molecule has 1 fully saturated rings. The second-order valence-electron chi connectivity index (χ2n) is 5.19. The van der Waals surface area contributed by atoms with Crippen LogP contribution >= 0.6 is 0 Å². The summed E-state index contributed by atoms with van der Waals surface area (Å²) < 4.78 is 62.0. The zero-order valence-corrected chi connectivity index (χ0v) is 12.0. The molecule has 1 aliphatic carbocycles. The van der Waals surface area contributed by atoms with Crippen LogP contribution in [0.3, 0.4) is 0 Å². The van der Waals surface area contributed by atoms with E-state index < -0.39 is 21.6 Å². The van der Waals surface area contributed by atoms with E-state index >= 15 is 0 Å². The molecule has 1 aromatic carbocycles. The number of rotatable bonds is 4. The Hall–Kier alpha value is -1.37. The van der Waals surface area contributed by atoms with E-state index in [9.17, 15) is 26.4 Å². The van der Waals surface area contributed by atoms with Gasteiger partial charge >= 0.3 is 6.18 Å². The van der Waals surface area contributed by atoms with E-state index in [0.717, 1.165) is 24.6 Å². The summed E-state index contributed by atoms with van der Waals surface area (Å²) in [7, 11) is -3.81. The lowest BCUT2D eigenvalue weighted by atomic mass is 10.1. The Morgan fingerprint density at radius 1 is 1.24 bits per heavy atom. The fraction of sp³-hybridized carbons (Fsp3) is 0.500. The van der Waals surface area contributed by atoms with Gasteiger partial charge in [-0.2, -0.15) is 13.2 Å². The summed E-state index contributed by atoms with van der Waals surface area (Å²) in [5.41, 5.74) is -0.986. The smallest absolute Gasteiger partial charge is 0.299 e. The van der Waals surface area contributed by atoms with Crippen molar-refractivity contribution in [1.29, 1.82) is 0 Å². The first-order valence-corrected chi connectivity index (χ1v) is 8.28. The summed E-state index contributed by atoms with van der Waals surface area (Å²) in [4.78, 5) is 11.1. The molecule has 0 saturated heterocycles. The van der Waals surface area contributed by atoms with Crippen LogP contribution in [-0.2, 0) is 20.8 Å². The predicted octanol–water partition coefficient (Wildman–Crippen LogP) is 3.24. The number of carbonyl (C=O) groups is 1. The molecular formula is C14H15F3O3S. The Labute approximate surface area is 121 Å². The molecule has 116 valence electrons. The van der Waals surface area contributed by atoms with Gasteiger partial charge in [-0.1, -0.05) is 6.07 Å². The minimum absolute atomic E-state index is 0.0502. The van der Waals surface area contributed by atoms with Gasteiger partial charge in [-0.15, -0.1) is 0 Å². The molecule has 2 rings (SSSR count). The highest BCUT2D eigenvalue weighted by Crippen LogP contribution is 2.31. The number of halogens is 3. The average Bonchev–Trinajstić information content (AvgIpc) is 2.81. The summed E-state index contributed by atoms with van der Waals surface area (Å²) in [6.45, 7) is 0. The number of sulfone groups is 1. The molecule has 0 aromatic heterocycles. The Morgan fingerprint density at radius 3 is 2.52 bits per heavy atom. The Kier molecular flexibility index (Phi) is 4.41. The molecule has 1 aliphatic rings. The molecule has 1 saturated carbocycles. The molecule has 0 bridgehead atoms. The van der Waals surface area contributed by atoms with Crippen LogP contribution in [-0.4, -0.2) is 20.0 Å². The second kappa shape index (κ2) is 5.79. The minimum atomic E-state index is -4.58. The van der Waals surface area contributed by atoms with Gasteiger partial charge in [0.2, 0.25) is 0 Å². The molecule has 21 heavy (non-hydrogen) atoms. The third kappa shape index (κ3) is 3.84. The van der Waals surface area contributed by atoms with E-state index in [1.54, 1.807) is 0 Å². The first-order chi connectivity index (χ1) is 9.70. The van der Waals surface area contributed by atoms with Gasteiger partial charge in [0.15, 0.2) is 9.84 Å². The molecule has 1 unspecified atom stereocenters. The number of hydrogen-bond donors (Lipinski definition) is 0. The minimum Gasteiger partial charge on any atom is -0.299 e. The van der Waals surface area contributed by atoms with E-state index in [0.29, 0.717) is 18.9 Å². The van der Waals surface area contributed by atoms with Crippen LogP contribution in [0.2, 0.25) is 0 Å². The van der Waals surface area contributed by atoms with Crippen LogP contribution < -0.4 is 0 Å². The normalized spacial score (nSPS) is 20.0. The van der Waals surface area contributed by atoms with Crippen molar-refractivity contribution in [3.63, 3.8) is 0 Å². The summed E-state index contributed by atoms with van der Waals surface area (Å²) in [5.74, 6) is -0.523. The summed E-state index contributed by atoms with van der Waals surface area (Å²) in [6, 6.07) is 3.71. The Balaban J connectivity index is 2.14. The standard InChI is InChI=1S/C14H15F3O3S/c15-14(16,17)11-4-2-5-12(9-11)21(19,20)8-7-10-3-1-6-13(10)18/h2,4-5,9-10H,1,3,6-8H2. The summed E-state index contributed by atoms with van der Waals surface area (Å²) >= 11 is 0. The van der Waals surface area contributed by atoms with Gasteiger partial charge in [0.25, 0.3) is 0 Å². The van der Waals surface area contributed by atoms with Crippen molar-refractivity contribution in [2.24, 2.45) is 5.92 Å². The molecule has 0 radical (unpaired) electrons. The highest BCUT2D eigenvalue weighted by Gasteiger charge is 2.32. The molecule has 7 heteroatoms. The third-order valence-corrected chi connectivity index (χ3v) is 5.43. The van der Waals surface area contributed by atoms with Crippen molar-refractivity contribution in [1.82, 2.24) is 0 Å². The van der Waals surface area contributed by atoms with Crippen LogP contribution in [0, 0.1) is 5.92 Å². The fourth-order valence-electron chi connectivity index (χ4n) is 2.47. The Bertz CT molecular complexity index is 635. The van der Waals surface area contributed by atoms with Crippen molar-refractivity contribution in [3.05, 3.63) is 29.8 Å². The monoisotopic (exact) mass is 320 g/mol. The zero-order valence-electron chi connectivity index (χ0n) is 11.2. The average molecular weight is 320 g/mol. The molecule has 0 spiro atoms. The van der Waals surface area contributed by atoms with E-state index in [1.165, 1.54) is 0 Å². The fourth-order valence-corrected chi connectivity index (χ4v) is 3.90. The topological polar surface area (TPSA) is 51.2 Å². The SMILES string of the molecule is O=C1CCCC1CCS(=O)(=O)c1cccc(C(F)(F)F)c1. The number of alkyl halides is 3. The maximum atomic E-state index is 12.6. The molecule has 0 heterocycles. The van der Waals surface area contributed by atoms with Crippen LogP contribution in [0.25, 0.3) is 0 Å². The van der Waals surface area contributed by atoms with Crippen LogP contribution in [0.5, 0.6) is 0 Å². The maximum absolute atomic E-state index is 12.6. The van der Waals surface area contributed by atoms with Crippen molar-refractivity contribution in [2.45, 2.75) is 36.8 Å². The van der Waals surface area contributed by atoms with E-state index in [-0.39, 0.29) is 28.8 Å². The molecule has 3 nitrogen and oxygen atoms in total. The number of carbonyl (C=O) groups excluding carboxylic acids is 1. The lowest BCUT2D eigenvalue weighted by molar-refractivity contribution is -0.137. The van der Waals surface area contributed by atoms with Gasteiger partial charge in [0.05, 0.1) is 16.2 Å². The first-order valence-electron chi connectivity index (χ1n) is 6.63. The van der Waals surface area contributed by atoms with E-state index in [4.69, 9.17) is 0 Å². The van der Waals surface area contributed by atoms with E-state index in [2.05, 4.69) is 0 Å². The first kappa shape index (κ1) is 16.0. The lowest BCUT2D eigenvalue weighted by Crippen LogP contribution is -2.15. The summed E-state index contributed by atoms with van der Waals surface area (Å²) in [5, 5.41) is 0. The molecule has 0 aliphatic heterocycles. The Morgan fingerprint density at radius 2 is 1.95 bits per heavy atom. The molecule has 0 amide bonds. The van der Waals surface area contributed by atoms with E-state index in [1.807, 2.05) is 0 Å². The number of Topliss-reactive ketones (excluding diaryl/α,β-unsaturated/α-hetero) is 1. The third-order valence-electron chi connectivity index (χ3n) is 3.69. The predicted molar refractivity (Wildman–Crippen MR) is 70.5 cm³/mol. The van der Waals surface area contributed by atoms with Crippen LogP contribution in [0.4, 0.5) is 13.2 Å². The number of benzene rings is 1. The maximum Gasteiger partial charge on any atom is 0.416 e. The summed E-state index contributed by atoms with van der Waals surface area (Å²) in [6.07, 6.45) is -2.51. The van der Waals surface area contributed by atoms with Gasteiger partial charge in [0, 0.05) is 12.3 Å². The van der Waals surface area contributed by atoms with Crippen molar-refractivity contribution in [2.75, 3.05) is 5.75 Å². The zero-order chi connectivity index (χ0) is 15.7. The van der Waals surface area contributed by atoms with Gasteiger partial charge in [-0.3, -0.25) is 4.79 Å². The van der Waals surface area contributed by atoms with Gasteiger partial charge in [-0.05, 0) is 37.5 Å². The molecule has 1 aromatic rings. The highest BCUT2D eigenvalue weighted by atomic mass is 32.2. The van der Waals surface area contributed by atoms with Crippen molar-refractivity contribution in [3.8, 4) is 0 Å². The van der Waals surface area contributed by atoms with Crippen LogP contribution in [0.15, 0.2) is 29.2 Å². The van der Waals surface area contributed by atoms with Crippen LogP contribution in [0.1, 0.15) is 31.2 Å².